The molecule has 0 aromatic heterocycles. The van der Waals surface area contributed by atoms with Gasteiger partial charge >= 0.3 is 0 Å². The van der Waals surface area contributed by atoms with Crippen molar-refractivity contribution in [2.75, 3.05) is 0 Å². The number of primary sulfonamides is 1. The molecule has 0 bridgehead atoms. The number of nitrogens with two attached hydrogens (primary N) is 1. The number of halogens is 1. The molecule has 0 saturated carbocycles. The van der Waals surface area contributed by atoms with Crippen LogP contribution < -0.4 is 5.14 Å². The summed E-state index contributed by atoms with van der Waals surface area (Å²) in [5, 5.41) is 13.4. The molecule has 0 aliphatic heterocycles. The van der Waals surface area contributed by atoms with Crippen LogP contribution in [0.15, 0.2) is 23.1 Å². The first-order valence-corrected chi connectivity index (χ1v) is 5.62. The number of rotatable bonds is 2. The van der Waals surface area contributed by atoms with E-state index in [1.807, 2.05) is 6.07 Å². The molecule has 0 heterocycles. The summed E-state index contributed by atoms with van der Waals surface area (Å²) in [5.41, 5.74) is 0.419. The quantitative estimate of drug-likeness (QED) is 0.822. The lowest BCUT2D eigenvalue weighted by Crippen LogP contribution is -2.14. The van der Waals surface area contributed by atoms with Gasteiger partial charge in [0.2, 0.25) is 10.0 Å². The van der Waals surface area contributed by atoms with Crippen molar-refractivity contribution in [1.82, 2.24) is 0 Å². The Balaban J connectivity index is 3.28. The molecule has 1 unspecified atom stereocenters. The highest BCUT2D eigenvalue weighted by Crippen LogP contribution is 2.19. The Morgan fingerprint density at radius 3 is 2.53 bits per heavy atom. The predicted octanol–water partition coefficient (Wildman–Crippen LogP) is 1.10. The summed E-state index contributed by atoms with van der Waals surface area (Å²) >= 11 is 0. The van der Waals surface area contributed by atoms with E-state index in [-0.39, 0.29) is 0 Å². The summed E-state index contributed by atoms with van der Waals surface area (Å²) in [6, 6.07) is 5.36. The average Bonchev–Trinajstić information content (AvgIpc) is 2.14. The molecule has 6 heteroatoms. The van der Waals surface area contributed by atoms with Gasteiger partial charge in [-0.3, -0.25) is 0 Å². The molecule has 80 valence electrons. The molecule has 0 radical (unpaired) electrons. The summed E-state index contributed by atoms with van der Waals surface area (Å²) in [7, 11) is -4.04. The first-order valence-electron chi connectivity index (χ1n) is 4.08. The Bertz CT molecular complexity index is 519. The van der Waals surface area contributed by atoms with Crippen LogP contribution in [-0.2, 0) is 10.0 Å². The lowest BCUT2D eigenvalue weighted by atomic mass is 10.0. The van der Waals surface area contributed by atoms with E-state index in [1.165, 1.54) is 6.07 Å². The smallest absolute Gasteiger partial charge is 0.225 e. The highest BCUT2D eigenvalue weighted by molar-refractivity contribution is 7.89. The largest absolute Gasteiger partial charge is 0.240 e. The Hall–Kier alpha value is -1.45. The van der Waals surface area contributed by atoms with Crippen molar-refractivity contribution in [2.24, 2.45) is 5.14 Å². The second-order valence-corrected chi connectivity index (χ2v) is 4.62. The monoisotopic (exact) mass is 228 g/mol. The van der Waals surface area contributed by atoms with Crippen LogP contribution in [0.25, 0.3) is 0 Å². The van der Waals surface area contributed by atoms with Gasteiger partial charge in [0.25, 0.3) is 0 Å². The Labute approximate surface area is 87.2 Å². The maximum atomic E-state index is 13.3. The van der Waals surface area contributed by atoms with Gasteiger partial charge < -0.3 is 0 Å². The predicted molar refractivity (Wildman–Crippen MR) is 51.8 cm³/mol. The minimum atomic E-state index is -4.04. The fourth-order valence-corrected chi connectivity index (χ4v) is 1.68. The topological polar surface area (TPSA) is 83.9 Å². The van der Waals surface area contributed by atoms with Crippen molar-refractivity contribution >= 4 is 10.0 Å². The van der Waals surface area contributed by atoms with Gasteiger partial charge in [-0.25, -0.2) is 17.9 Å². The zero-order chi connectivity index (χ0) is 11.6. The molecular weight excluding hydrogens is 219 g/mol. The third-order valence-electron chi connectivity index (χ3n) is 1.96. The molecule has 1 rings (SSSR count). The van der Waals surface area contributed by atoms with E-state index in [1.54, 1.807) is 6.92 Å². The van der Waals surface area contributed by atoms with Crippen LogP contribution in [0, 0.1) is 17.1 Å². The SMILES string of the molecule is CC(C#N)c1ccc(S(N)(=O)=O)c(F)c1. The molecule has 2 N–H and O–H groups in total. The van der Waals surface area contributed by atoms with Crippen molar-refractivity contribution in [3.05, 3.63) is 29.6 Å². The minimum absolute atomic E-state index is 0.419. The highest BCUT2D eigenvalue weighted by Gasteiger charge is 2.15. The fraction of sp³-hybridized carbons (Fsp3) is 0.222. The summed E-state index contributed by atoms with van der Waals surface area (Å²) in [6.45, 7) is 1.59. The third-order valence-corrected chi connectivity index (χ3v) is 2.90. The van der Waals surface area contributed by atoms with Gasteiger partial charge in [-0.15, -0.1) is 0 Å². The molecule has 15 heavy (non-hydrogen) atoms. The van der Waals surface area contributed by atoms with Gasteiger partial charge in [0.15, 0.2) is 0 Å². The molecule has 0 saturated heterocycles. The molecule has 4 nitrogen and oxygen atoms in total. The van der Waals surface area contributed by atoms with Crippen LogP contribution >= 0.6 is 0 Å². The second-order valence-electron chi connectivity index (χ2n) is 3.09. The normalized spacial score (nSPS) is 13.2. The fourth-order valence-electron chi connectivity index (χ4n) is 1.09. The van der Waals surface area contributed by atoms with Crippen molar-refractivity contribution in [3.63, 3.8) is 0 Å². The number of nitriles is 1. The first-order chi connectivity index (χ1) is 6.86. The van der Waals surface area contributed by atoms with Gasteiger partial charge in [-0.1, -0.05) is 6.07 Å². The first kappa shape index (κ1) is 11.6. The summed E-state index contributed by atoms with van der Waals surface area (Å²) in [4.78, 5) is -0.559. The number of hydrogen-bond donors (Lipinski definition) is 1. The van der Waals surface area contributed by atoms with E-state index in [4.69, 9.17) is 10.4 Å². The summed E-state index contributed by atoms with van der Waals surface area (Å²) < 4.78 is 35.0. The Morgan fingerprint density at radius 2 is 2.13 bits per heavy atom. The zero-order valence-corrected chi connectivity index (χ0v) is 8.75. The average molecular weight is 228 g/mol. The van der Waals surface area contributed by atoms with Crippen molar-refractivity contribution in [1.29, 1.82) is 5.26 Å². The van der Waals surface area contributed by atoms with Gasteiger partial charge in [-0.05, 0) is 24.6 Å². The van der Waals surface area contributed by atoms with Crippen molar-refractivity contribution in [2.45, 2.75) is 17.7 Å². The molecule has 1 aromatic carbocycles. The van der Waals surface area contributed by atoms with Gasteiger partial charge in [0.1, 0.15) is 10.7 Å². The Kier molecular flexibility index (Phi) is 3.07. The Morgan fingerprint density at radius 1 is 1.53 bits per heavy atom. The molecule has 1 atom stereocenters. The van der Waals surface area contributed by atoms with E-state index in [0.29, 0.717) is 5.56 Å². The van der Waals surface area contributed by atoms with E-state index < -0.39 is 26.7 Å². The number of nitrogens with zero attached hydrogens (tertiary/aromatic N) is 1. The van der Waals surface area contributed by atoms with E-state index in [9.17, 15) is 12.8 Å². The van der Waals surface area contributed by atoms with E-state index in [2.05, 4.69) is 0 Å². The number of sulfonamides is 1. The zero-order valence-electron chi connectivity index (χ0n) is 7.94. The maximum Gasteiger partial charge on any atom is 0.240 e. The van der Waals surface area contributed by atoms with Crippen LogP contribution in [-0.4, -0.2) is 8.42 Å². The lowest BCUT2D eigenvalue weighted by molar-refractivity contribution is 0.566. The maximum absolute atomic E-state index is 13.3. The highest BCUT2D eigenvalue weighted by atomic mass is 32.2. The summed E-state index contributed by atoms with van der Waals surface area (Å²) in [5.74, 6) is -1.42. The molecule has 0 aliphatic carbocycles. The van der Waals surface area contributed by atoms with Crippen LogP contribution in [0.5, 0.6) is 0 Å². The lowest BCUT2D eigenvalue weighted by Gasteiger charge is -2.05. The number of benzene rings is 1. The standard InChI is InChI=1S/C9H9FN2O2S/c1-6(5-11)7-2-3-9(8(10)4-7)15(12,13)14/h2-4,6H,1H3,(H2,12,13,14). The van der Waals surface area contributed by atoms with Gasteiger partial charge in [-0.2, -0.15) is 5.26 Å². The molecular formula is C9H9FN2O2S. The molecule has 0 spiro atoms. The van der Waals surface area contributed by atoms with Crippen LogP contribution in [0.2, 0.25) is 0 Å². The van der Waals surface area contributed by atoms with Crippen LogP contribution in [0.4, 0.5) is 4.39 Å². The van der Waals surface area contributed by atoms with Crippen molar-refractivity contribution in [3.8, 4) is 6.07 Å². The van der Waals surface area contributed by atoms with E-state index >= 15 is 0 Å². The second kappa shape index (κ2) is 3.96. The van der Waals surface area contributed by atoms with Gasteiger partial charge in [0.05, 0.1) is 12.0 Å². The van der Waals surface area contributed by atoms with Crippen LogP contribution in [0.1, 0.15) is 18.4 Å². The minimum Gasteiger partial charge on any atom is -0.225 e. The molecule has 0 fully saturated rings. The third kappa shape index (κ3) is 2.52. The van der Waals surface area contributed by atoms with Gasteiger partial charge in [0, 0.05) is 0 Å². The van der Waals surface area contributed by atoms with Crippen molar-refractivity contribution < 1.29 is 12.8 Å². The molecule has 0 amide bonds. The van der Waals surface area contributed by atoms with E-state index in [0.717, 1.165) is 12.1 Å². The molecule has 0 aliphatic rings. The molecule has 1 aromatic rings. The number of hydrogen-bond acceptors (Lipinski definition) is 3. The van der Waals surface area contributed by atoms with Crippen LogP contribution in [0.3, 0.4) is 0 Å². The summed E-state index contributed by atoms with van der Waals surface area (Å²) in [6.07, 6.45) is 0.